The van der Waals surface area contributed by atoms with Crippen molar-refractivity contribution in [1.29, 1.82) is 0 Å². The first-order valence-corrected chi connectivity index (χ1v) is 11.3. The summed E-state index contributed by atoms with van der Waals surface area (Å²) >= 11 is 0. The molecule has 2 aromatic carbocycles. The molecule has 0 spiro atoms. The lowest BCUT2D eigenvalue weighted by molar-refractivity contribution is -0.147. The number of hydrogen-bond acceptors (Lipinski definition) is 6. The average molecular weight is 450 g/mol. The fourth-order valence-corrected chi connectivity index (χ4v) is 4.27. The molecule has 0 N–H and O–H groups in total. The van der Waals surface area contributed by atoms with Crippen LogP contribution in [0, 0.1) is 6.92 Å². The summed E-state index contributed by atoms with van der Waals surface area (Å²) in [7, 11) is 1.44. The fraction of sp³-hybridized carbons (Fsp3) is 0.400. The summed E-state index contributed by atoms with van der Waals surface area (Å²) in [6.07, 6.45) is 1.56. The van der Waals surface area contributed by atoms with Gasteiger partial charge in [0.25, 0.3) is 0 Å². The van der Waals surface area contributed by atoms with E-state index in [4.69, 9.17) is 4.74 Å². The number of rotatable bonds is 6. The summed E-state index contributed by atoms with van der Waals surface area (Å²) in [5.74, 6) is -0.232. The van der Waals surface area contributed by atoms with Crippen molar-refractivity contribution < 1.29 is 9.53 Å². The maximum atomic E-state index is 12.6. The third-order valence-electron chi connectivity index (χ3n) is 6.17. The van der Waals surface area contributed by atoms with Crippen LogP contribution in [-0.2, 0) is 9.53 Å². The topological polar surface area (TPSA) is 72.6 Å². The molecule has 0 aliphatic carbocycles. The highest BCUT2D eigenvalue weighted by Crippen LogP contribution is 2.26. The zero-order valence-corrected chi connectivity index (χ0v) is 19.6. The number of methoxy groups -OCH3 is 1. The van der Waals surface area contributed by atoms with E-state index in [2.05, 4.69) is 14.9 Å². The van der Waals surface area contributed by atoms with Crippen molar-refractivity contribution in [2.75, 3.05) is 38.2 Å². The molecule has 1 aliphatic heterocycles. The van der Waals surface area contributed by atoms with Crippen LogP contribution in [0.2, 0.25) is 0 Å². The molecular formula is C25H31N5O3. The van der Waals surface area contributed by atoms with E-state index in [9.17, 15) is 9.59 Å². The molecule has 0 amide bonds. The normalized spacial score (nSPS) is 15.6. The van der Waals surface area contributed by atoms with Crippen molar-refractivity contribution in [1.82, 2.24) is 19.2 Å². The van der Waals surface area contributed by atoms with Crippen LogP contribution in [-0.4, -0.2) is 58.5 Å². The molecule has 8 nitrogen and oxygen atoms in total. The number of hydrogen-bond donors (Lipinski definition) is 0. The smallest absolute Gasteiger partial charge is 0.350 e. The lowest BCUT2D eigenvalue weighted by atomic mass is 10.0. The highest BCUT2D eigenvalue weighted by Gasteiger charge is 2.31. The van der Waals surface area contributed by atoms with Gasteiger partial charge in [-0.1, -0.05) is 29.8 Å². The van der Waals surface area contributed by atoms with Crippen molar-refractivity contribution in [2.24, 2.45) is 0 Å². The Bertz CT molecular complexity index is 1140. The molecule has 3 aromatic rings. The van der Waals surface area contributed by atoms with Crippen LogP contribution in [0.25, 0.3) is 5.69 Å². The molecule has 0 saturated carbocycles. The summed E-state index contributed by atoms with van der Waals surface area (Å²) in [5.41, 5.74) is 3.86. The van der Waals surface area contributed by atoms with Gasteiger partial charge in [0.15, 0.2) is 0 Å². The summed E-state index contributed by atoms with van der Waals surface area (Å²) < 4.78 is 8.15. The molecule has 2 heterocycles. The number of esters is 1. The summed E-state index contributed by atoms with van der Waals surface area (Å²) in [6, 6.07) is 15.6. The predicted molar refractivity (Wildman–Crippen MR) is 128 cm³/mol. The molecule has 1 aliphatic rings. The van der Waals surface area contributed by atoms with Crippen molar-refractivity contribution in [3.63, 3.8) is 0 Å². The highest BCUT2D eigenvalue weighted by atomic mass is 16.5. The molecule has 1 atom stereocenters. The predicted octanol–water partition coefficient (Wildman–Crippen LogP) is 2.96. The van der Waals surface area contributed by atoms with E-state index in [1.807, 2.05) is 69.3 Å². The first-order chi connectivity index (χ1) is 15.9. The zero-order chi connectivity index (χ0) is 23.5. The molecule has 0 bridgehead atoms. The van der Waals surface area contributed by atoms with Crippen molar-refractivity contribution in [3.8, 4) is 5.69 Å². The van der Waals surface area contributed by atoms with Gasteiger partial charge in [0.1, 0.15) is 12.4 Å². The third kappa shape index (κ3) is 4.71. The second kappa shape index (κ2) is 9.62. The Hall–Kier alpha value is -3.39. The number of ether oxygens (including phenoxy) is 1. The minimum Gasteiger partial charge on any atom is -0.468 e. The number of carbonyl (C=O) groups is 1. The maximum Gasteiger partial charge on any atom is 0.350 e. The molecule has 4 rings (SSSR count). The van der Waals surface area contributed by atoms with Crippen LogP contribution in [0.3, 0.4) is 0 Å². The Morgan fingerprint density at radius 1 is 0.939 bits per heavy atom. The minimum absolute atomic E-state index is 0.0167. The van der Waals surface area contributed by atoms with Crippen LogP contribution >= 0.6 is 0 Å². The van der Waals surface area contributed by atoms with Gasteiger partial charge in [-0.2, -0.15) is 5.10 Å². The first-order valence-electron chi connectivity index (χ1n) is 11.3. The summed E-state index contributed by atoms with van der Waals surface area (Å²) in [5, 5.41) is 4.19. The van der Waals surface area contributed by atoms with Gasteiger partial charge in [0.2, 0.25) is 0 Å². The number of nitrogens with zero attached hydrogens (tertiary/aromatic N) is 5. The molecule has 174 valence electrons. The first kappa shape index (κ1) is 22.8. The second-order valence-electron chi connectivity index (χ2n) is 8.70. The number of carbonyl (C=O) groups excluding carboxylic acids is 1. The Labute approximate surface area is 194 Å². The number of aryl methyl sites for hydroxylation is 1. The van der Waals surface area contributed by atoms with Crippen molar-refractivity contribution >= 4 is 11.7 Å². The maximum absolute atomic E-state index is 12.6. The standard InChI is InChI=1S/C25H31N5O3/c1-18(2)30-25(32)29(17-26-30)22-11-9-21(10-12-22)27-13-15-28(16-14-27)23(24(31)33-4)20-7-5-19(3)6-8-20/h5-12,17-18,23H,13-16H2,1-4H3. The molecule has 1 saturated heterocycles. The van der Waals surface area contributed by atoms with Crippen molar-refractivity contribution in [2.45, 2.75) is 32.9 Å². The van der Waals surface area contributed by atoms with Gasteiger partial charge in [-0.25, -0.2) is 18.8 Å². The number of piperazine rings is 1. The van der Waals surface area contributed by atoms with Crippen LogP contribution in [0.1, 0.15) is 37.1 Å². The molecule has 1 unspecified atom stereocenters. The molecule has 0 radical (unpaired) electrons. The molecular weight excluding hydrogens is 418 g/mol. The van der Waals surface area contributed by atoms with Crippen LogP contribution in [0.4, 0.5) is 5.69 Å². The van der Waals surface area contributed by atoms with Crippen LogP contribution in [0.5, 0.6) is 0 Å². The Kier molecular flexibility index (Phi) is 6.65. The summed E-state index contributed by atoms with van der Waals surface area (Å²) in [4.78, 5) is 29.6. The van der Waals surface area contributed by atoms with Crippen LogP contribution in [0.15, 0.2) is 59.7 Å². The second-order valence-corrected chi connectivity index (χ2v) is 8.70. The van der Waals surface area contributed by atoms with E-state index < -0.39 is 6.04 Å². The lowest BCUT2D eigenvalue weighted by Crippen LogP contribution is -2.49. The van der Waals surface area contributed by atoms with E-state index in [0.29, 0.717) is 0 Å². The Morgan fingerprint density at radius 3 is 2.09 bits per heavy atom. The van der Waals surface area contributed by atoms with Gasteiger partial charge in [-0.05, 0) is 50.6 Å². The number of aromatic nitrogens is 3. The monoisotopic (exact) mass is 449 g/mol. The van der Waals surface area contributed by atoms with Gasteiger partial charge in [-0.3, -0.25) is 4.90 Å². The number of benzene rings is 2. The summed E-state index contributed by atoms with van der Waals surface area (Å²) in [6.45, 7) is 8.99. The molecule has 1 fully saturated rings. The van der Waals surface area contributed by atoms with Gasteiger partial charge in [0.05, 0.1) is 18.8 Å². The van der Waals surface area contributed by atoms with E-state index in [-0.39, 0.29) is 17.7 Å². The van der Waals surface area contributed by atoms with E-state index in [0.717, 1.165) is 48.7 Å². The quantitative estimate of drug-likeness (QED) is 0.539. The fourth-order valence-electron chi connectivity index (χ4n) is 4.27. The van der Waals surface area contributed by atoms with Gasteiger partial charge >= 0.3 is 11.7 Å². The Balaban J connectivity index is 1.45. The average Bonchev–Trinajstić information content (AvgIpc) is 3.22. The van der Waals surface area contributed by atoms with Crippen LogP contribution < -0.4 is 10.6 Å². The zero-order valence-electron chi connectivity index (χ0n) is 19.6. The van der Waals surface area contributed by atoms with Crippen molar-refractivity contribution in [3.05, 3.63) is 76.5 Å². The SMILES string of the molecule is COC(=O)C(c1ccc(C)cc1)N1CCN(c2ccc(-n3cnn(C(C)C)c3=O)cc2)CC1. The molecule has 33 heavy (non-hydrogen) atoms. The highest BCUT2D eigenvalue weighted by molar-refractivity contribution is 5.77. The van der Waals surface area contributed by atoms with Gasteiger partial charge in [0, 0.05) is 31.9 Å². The molecule has 8 heteroatoms. The third-order valence-corrected chi connectivity index (χ3v) is 6.17. The Morgan fingerprint density at radius 2 is 1.55 bits per heavy atom. The lowest BCUT2D eigenvalue weighted by Gasteiger charge is -2.39. The molecule has 1 aromatic heterocycles. The van der Waals surface area contributed by atoms with Gasteiger partial charge < -0.3 is 9.64 Å². The number of anilines is 1. The van der Waals surface area contributed by atoms with Gasteiger partial charge in [-0.15, -0.1) is 0 Å². The van der Waals surface area contributed by atoms with E-state index in [1.54, 1.807) is 10.9 Å². The van der Waals surface area contributed by atoms with E-state index >= 15 is 0 Å². The van der Waals surface area contributed by atoms with E-state index in [1.165, 1.54) is 11.8 Å². The minimum atomic E-state index is -0.399. The largest absolute Gasteiger partial charge is 0.468 e.